The molecular formula is C8H19NO3. The fraction of sp³-hybridized carbons (Fsp3) is 0.875. The monoisotopic (exact) mass is 177 g/mol. The quantitative estimate of drug-likeness (QED) is 0.387. The van der Waals surface area contributed by atoms with Crippen molar-refractivity contribution in [3.63, 3.8) is 0 Å². The van der Waals surface area contributed by atoms with Crippen molar-refractivity contribution in [2.24, 2.45) is 5.92 Å². The molecule has 4 nitrogen and oxygen atoms in total. The number of nitrogens with one attached hydrogen (secondary N) is 1. The molecule has 4 heteroatoms. The molecule has 0 aromatic carbocycles. The Kier molecular flexibility index (Phi) is 15.5. The van der Waals surface area contributed by atoms with Gasteiger partial charge in [0.2, 0.25) is 0 Å². The van der Waals surface area contributed by atoms with E-state index in [4.69, 9.17) is 10.2 Å². The van der Waals surface area contributed by atoms with E-state index in [2.05, 4.69) is 5.32 Å². The summed E-state index contributed by atoms with van der Waals surface area (Å²) in [5.41, 5.74) is 0. The lowest BCUT2D eigenvalue weighted by atomic mass is 10.3. The van der Waals surface area contributed by atoms with Crippen LogP contribution in [-0.4, -0.2) is 42.8 Å². The summed E-state index contributed by atoms with van der Waals surface area (Å²) in [5.74, 6) is 0.204. The Morgan fingerprint density at radius 1 is 1.25 bits per heavy atom. The molecule has 3 N–H and O–H groups in total. The van der Waals surface area contributed by atoms with E-state index < -0.39 is 0 Å². The fourth-order valence-electron chi connectivity index (χ4n) is 0.283. The predicted molar refractivity (Wildman–Crippen MR) is 47.9 cm³/mol. The van der Waals surface area contributed by atoms with Gasteiger partial charge in [-0.3, -0.25) is 0 Å². The van der Waals surface area contributed by atoms with E-state index in [1.807, 2.05) is 13.8 Å². The molecule has 0 aliphatic heterocycles. The topological polar surface area (TPSA) is 69.6 Å². The molecule has 0 atom stereocenters. The summed E-state index contributed by atoms with van der Waals surface area (Å²) < 4.78 is 0. The molecule has 0 unspecified atom stereocenters. The highest BCUT2D eigenvalue weighted by Gasteiger charge is 1.79. The summed E-state index contributed by atoms with van der Waals surface area (Å²) in [4.78, 5) is 9.50. The fourth-order valence-corrected chi connectivity index (χ4v) is 0.283. The van der Waals surface area contributed by atoms with Gasteiger partial charge in [0.15, 0.2) is 0 Å². The van der Waals surface area contributed by atoms with Crippen LogP contribution in [0.5, 0.6) is 0 Å². The minimum atomic E-state index is 0.139. The summed E-state index contributed by atoms with van der Waals surface area (Å²) in [6.07, 6.45) is 0.917. The van der Waals surface area contributed by atoms with Gasteiger partial charge < -0.3 is 20.3 Å². The molecule has 0 rings (SSSR count). The zero-order chi connectivity index (χ0) is 9.82. The van der Waals surface area contributed by atoms with Gasteiger partial charge in [-0.1, -0.05) is 13.8 Å². The van der Waals surface area contributed by atoms with E-state index in [0.29, 0.717) is 13.1 Å². The van der Waals surface area contributed by atoms with Crippen molar-refractivity contribution >= 4 is 6.29 Å². The molecular weight excluding hydrogens is 158 g/mol. The third-order valence-corrected chi connectivity index (χ3v) is 0.849. The van der Waals surface area contributed by atoms with Crippen LogP contribution in [0.1, 0.15) is 13.8 Å². The number of aldehydes is 1. The van der Waals surface area contributed by atoms with Crippen molar-refractivity contribution in [1.82, 2.24) is 5.32 Å². The van der Waals surface area contributed by atoms with Gasteiger partial charge in [-0.2, -0.15) is 0 Å². The van der Waals surface area contributed by atoms with Crippen molar-refractivity contribution in [2.45, 2.75) is 13.8 Å². The highest BCUT2D eigenvalue weighted by molar-refractivity contribution is 5.51. The Morgan fingerprint density at radius 2 is 1.58 bits per heavy atom. The average molecular weight is 177 g/mol. The van der Waals surface area contributed by atoms with Gasteiger partial charge >= 0.3 is 0 Å². The second-order valence-corrected chi connectivity index (χ2v) is 2.58. The average Bonchev–Trinajstić information content (AvgIpc) is 2.07. The Hall–Kier alpha value is -0.450. The number of aliphatic hydroxyl groups excluding tert-OH is 2. The standard InChI is InChI=1S/C4H11NO2.C4H8O/c6-3-1-5-2-4-7;1-4(2)3-5/h5-7H,1-4H2;3-4H,1-2H3. The molecule has 0 saturated heterocycles. The molecule has 0 fully saturated rings. The highest BCUT2D eigenvalue weighted by Crippen LogP contribution is 1.78. The minimum absolute atomic E-state index is 0.139. The van der Waals surface area contributed by atoms with Crippen LogP contribution in [0.4, 0.5) is 0 Å². The van der Waals surface area contributed by atoms with E-state index in [1.54, 1.807) is 0 Å². The van der Waals surface area contributed by atoms with Crippen molar-refractivity contribution in [1.29, 1.82) is 0 Å². The van der Waals surface area contributed by atoms with E-state index in [-0.39, 0.29) is 19.1 Å². The van der Waals surface area contributed by atoms with Crippen LogP contribution in [0.3, 0.4) is 0 Å². The maximum absolute atomic E-state index is 9.50. The van der Waals surface area contributed by atoms with Crippen LogP contribution in [0.25, 0.3) is 0 Å². The van der Waals surface area contributed by atoms with Crippen LogP contribution >= 0.6 is 0 Å². The number of rotatable bonds is 5. The number of carbonyl (C=O) groups excluding carboxylic acids is 1. The molecule has 0 aliphatic carbocycles. The van der Waals surface area contributed by atoms with Crippen LogP contribution in [0.2, 0.25) is 0 Å². The van der Waals surface area contributed by atoms with E-state index in [0.717, 1.165) is 6.29 Å². The maximum Gasteiger partial charge on any atom is 0.122 e. The molecule has 0 aromatic rings. The SMILES string of the molecule is CC(C)C=O.OCCNCCO. The molecule has 0 amide bonds. The molecule has 0 aliphatic rings. The Balaban J connectivity index is 0. The van der Waals surface area contributed by atoms with Gasteiger partial charge in [0, 0.05) is 19.0 Å². The summed E-state index contributed by atoms with van der Waals surface area (Å²) in [6, 6.07) is 0. The van der Waals surface area contributed by atoms with Gasteiger partial charge in [0.05, 0.1) is 13.2 Å². The van der Waals surface area contributed by atoms with Gasteiger partial charge in [0.25, 0.3) is 0 Å². The Bertz CT molecular complexity index is 82.4. The highest BCUT2D eigenvalue weighted by atomic mass is 16.3. The van der Waals surface area contributed by atoms with Crippen molar-refractivity contribution in [3.8, 4) is 0 Å². The maximum atomic E-state index is 9.50. The second kappa shape index (κ2) is 13.2. The Labute approximate surface area is 73.6 Å². The summed E-state index contributed by atoms with van der Waals surface area (Å²) in [6.45, 7) is 5.13. The van der Waals surface area contributed by atoms with E-state index in [1.165, 1.54) is 0 Å². The summed E-state index contributed by atoms with van der Waals surface area (Å²) in [7, 11) is 0. The number of aliphatic hydroxyl groups is 2. The molecule has 0 aromatic heterocycles. The first-order valence-electron chi connectivity index (χ1n) is 4.06. The van der Waals surface area contributed by atoms with Gasteiger partial charge in [0.1, 0.15) is 6.29 Å². The molecule has 0 radical (unpaired) electrons. The summed E-state index contributed by atoms with van der Waals surface area (Å²) in [5, 5.41) is 19.1. The largest absolute Gasteiger partial charge is 0.395 e. The summed E-state index contributed by atoms with van der Waals surface area (Å²) >= 11 is 0. The third-order valence-electron chi connectivity index (χ3n) is 0.849. The molecule has 0 heterocycles. The smallest absolute Gasteiger partial charge is 0.122 e. The van der Waals surface area contributed by atoms with Crippen LogP contribution in [0, 0.1) is 5.92 Å². The normalized spacial score (nSPS) is 9.08. The third kappa shape index (κ3) is 22.7. The number of hydrogen-bond acceptors (Lipinski definition) is 4. The van der Waals surface area contributed by atoms with Crippen LogP contribution in [0.15, 0.2) is 0 Å². The van der Waals surface area contributed by atoms with Crippen molar-refractivity contribution < 1.29 is 15.0 Å². The second-order valence-electron chi connectivity index (χ2n) is 2.58. The van der Waals surface area contributed by atoms with E-state index >= 15 is 0 Å². The lowest BCUT2D eigenvalue weighted by Gasteiger charge is -1.94. The van der Waals surface area contributed by atoms with Gasteiger partial charge in [-0.15, -0.1) is 0 Å². The van der Waals surface area contributed by atoms with Crippen molar-refractivity contribution in [3.05, 3.63) is 0 Å². The number of carbonyl (C=O) groups is 1. The first-order chi connectivity index (χ1) is 5.68. The molecule has 74 valence electrons. The molecule has 0 saturated carbocycles. The molecule has 0 spiro atoms. The molecule has 12 heavy (non-hydrogen) atoms. The van der Waals surface area contributed by atoms with Gasteiger partial charge in [-0.25, -0.2) is 0 Å². The zero-order valence-electron chi connectivity index (χ0n) is 7.79. The molecule has 0 bridgehead atoms. The number of hydrogen-bond donors (Lipinski definition) is 3. The van der Waals surface area contributed by atoms with Crippen LogP contribution in [-0.2, 0) is 4.79 Å². The first-order valence-corrected chi connectivity index (χ1v) is 4.06. The lowest BCUT2D eigenvalue weighted by Crippen LogP contribution is -2.21. The van der Waals surface area contributed by atoms with Crippen molar-refractivity contribution in [2.75, 3.05) is 26.3 Å². The zero-order valence-corrected chi connectivity index (χ0v) is 7.79. The van der Waals surface area contributed by atoms with Crippen LogP contribution < -0.4 is 5.32 Å². The minimum Gasteiger partial charge on any atom is -0.395 e. The lowest BCUT2D eigenvalue weighted by molar-refractivity contribution is -0.110. The predicted octanol–water partition coefficient (Wildman–Crippen LogP) is -0.598. The van der Waals surface area contributed by atoms with Gasteiger partial charge in [-0.05, 0) is 0 Å². The Morgan fingerprint density at radius 3 is 1.75 bits per heavy atom. The van der Waals surface area contributed by atoms with E-state index in [9.17, 15) is 4.79 Å². The first kappa shape index (κ1) is 14.1.